The molecule has 3 aromatic rings. The molecular weight excluding hydrogens is 370 g/mol. The van der Waals surface area contributed by atoms with Gasteiger partial charge in [-0.3, -0.25) is 9.78 Å². The minimum Gasteiger partial charge on any atom is -0.369 e. The Kier molecular flexibility index (Phi) is 5.05. The van der Waals surface area contributed by atoms with Crippen molar-refractivity contribution in [3.8, 4) is 11.3 Å². The first kappa shape index (κ1) is 18.5. The van der Waals surface area contributed by atoms with Gasteiger partial charge in [0.15, 0.2) is 0 Å². The molecule has 1 aromatic heterocycles. The van der Waals surface area contributed by atoms with Gasteiger partial charge in [-0.25, -0.2) is 0 Å². The second kappa shape index (κ2) is 7.64. The van der Waals surface area contributed by atoms with Crippen molar-refractivity contribution in [2.24, 2.45) is 5.73 Å². The summed E-state index contributed by atoms with van der Waals surface area (Å²) < 4.78 is 0. The van der Waals surface area contributed by atoms with Crippen LogP contribution in [0.2, 0.25) is 5.02 Å². The number of pyridine rings is 1. The Morgan fingerprint density at radius 3 is 2.64 bits per heavy atom. The lowest BCUT2D eigenvalue weighted by Gasteiger charge is -2.23. The van der Waals surface area contributed by atoms with E-state index in [-0.39, 0.29) is 12.3 Å². The van der Waals surface area contributed by atoms with Gasteiger partial charge in [-0.15, -0.1) is 0 Å². The lowest BCUT2D eigenvalue weighted by Crippen LogP contribution is -2.15. The molecule has 28 heavy (non-hydrogen) atoms. The highest BCUT2D eigenvalue weighted by molar-refractivity contribution is 6.30. The van der Waals surface area contributed by atoms with Crippen LogP contribution in [-0.4, -0.2) is 17.9 Å². The van der Waals surface area contributed by atoms with Crippen LogP contribution < -0.4 is 10.6 Å². The molecule has 0 bridgehead atoms. The van der Waals surface area contributed by atoms with Gasteiger partial charge < -0.3 is 10.6 Å². The Morgan fingerprint density at radius 2 is 1.93 bits per heavy atom. The molecule has 1 aliphatic rings. The van der Waals surface area contributed by atoms with E-state index in [1.165, 1.54) is 16.9 Å². The molecule has 4 nitrogen and oxygen atoms in total. The summed E-state index contributed by atoms with van der Waals surface area (Å²) in [6, 6.07) is 17.9. The normalized spacial score (nSPS) is 12.6. The molecule has 2 N–H and O–H groups in total. The molecule has 0 atom stereocenters. The van der Waals surface area contributed by atoms with E-state index in [4.69, 9.17) is 22.3 Å². The third kappa shape index (κ3) is 3.73. The van der Waals surface area contributed by atoms with Crippen molar-refractivity contribution in [1.29, 1.82) is 0 Å². The average molecular weight is 392 g/mol. The van der Waals surface area contributed by atoms with E-state index < -0.39 is 0 Å². The third-order valence-electron chi connectivity index (χ3n) is 5.21. The maximum atomic E-state index is 11.1. The van der Waals surface area contributed by atoms with E-state index >= 15 is 0 Å². The van der Waals surface area contributed by atoms with E-state index in [0.29, 0.717) is 5.02 Å². The van der Waals surface area contributed by atoms with Gasteiger partial charge in [-0.2, -0.15) is 0 Å². The van der Waals surface area contributed by atoms with Crippen LogP contribution >= 0.6 is 11.6 Å². The minimum atomic E-state index is -0.320. The molecule has 0 radical (unpaired) electrons. The van der Waals surface area contributed by atoms with Crippen LogP contribution in [0.3, 0.4) is 0 Å². The number of nitrogens with two attached hydrogens (primary N) is 1. The van der Waals surface area contributed by atoms with E-state index in [1.54, 1.807) is 0 Å². The Hall–Kier alpha value is -2.85. The van der Waals surface area contributed by atoms with Gasteiger partial charge in [-0.05, 0) is 60.7 Å². The number of carbonyl (C=O) groups excluding carboxylic acids is 1. The van der Waals surface area contributed by atoms with Gasteiger partial charge in [0.25, 0.3) is 0 Å². The highest BCUT2D eigenvalue weighted by Gasteiger charge is 2.21. The first-order valence-electron chi connectivity index (χ1n) is 9.41. The molecule has 4 rings (SSSR count). The van der Waals surface area contributed by atoms with Crippen LogP contribution in [0.15, 0.2) is 54.6 Å². The Bertz CT molecular complexity index is 1030. The van der Waals surface area contributed by atoms with Crippen molar-refractivity contribution >= 4 is 28.9 Å². The smallest absolute Gasteiger partial charge is 0.221 e. The number of aryl methyl sites for hydroxylation is 1. The summed E-state index contributed by atoms with van der Waals surface area (Å²) in [5, 5.41) is 0.708. The molecule has 0 spiro atoms. The monoisotopic (exact) mass is 391 g/mol. The Morgan fingerprint density at radius 1 is 1.14 bits per heavy atom. The van der Waals surface area contributed by atoms with Gasteiger partial charge in [0.05, 0.1) is 12.1 Å². The lowest BCUT2D eigenvalue weighted by molar-refractivity contribution is -0.117. The van der Waals surface area contributed by atoms with Crippen LogP contribution in [0.1, 0.15) is 23.2 Å². The van der Waals surface area contributed by atoms with Gasteiger partial charge in [0.1, 0.15) is 0 Å². The number of primary amides is 1. The Labute approximate surface area is 170 Å². The summed E-state index contributed by atoms with van der Waals surface area (Å²) >= 11 is 6.19. The number of fused-ring (bicyclic) bond motifs is 1. The fourth-order valence-electron chi connectivity index (χ4n) is 3.79. The summed E-state index contributed by atoms with van der Waals surface area (Å²) in [4.78, 5) is 18.2. The van der Waals surface area contributed by atoms with Crippen molar-refractivity contribution in [1.82, 2.24) is 4.98 Å². The van der Waals surface area contributed by atoms with E-state index in [9.17, 15) is 4.79 Å². The highest BCUT2D eigenvalue weighted by atomic mass is 35.5. The summed E-state index contributed by atoms with van der Waals surface area (Å²) in [6.45, 7) is 0. The van der Waals surface area contributed by atoms with Crippen molar-refractivity contribution in [3.05, 3.63) is 76.4 Å². The van der Waals surface area contributed by atoms with Crippen molar-refractivity contribution in [3.63, 3.8) is 0 Å². The second-order valence-electron chi connectivity index (χ2n) is 7.18. The summed E-state index contributed by atoms with van der Waals surface area (Å²) in [5.41, 5.74) is 12.9. The number of amides is 1. The number of benzene rings is 2. The zero-order chi connectivity index (χ0) is 19.7. The summed E-state index contributed by atoms with van der Waals surface area (Å²) in [5.74, 6) is -0.320. The molecule has 0 saturated carbocycles. The molecule has 0 unspecified atom stereocenters. The Balaban J connectivity index is 1.73. The van der Waals surface area contributed by atoms with Crippen LogP contribution in [0.25, 0.3) is 11.3 Å². The number of nitrogens with zero attached hydrogens (tertiary/aromatic N) is 2. The van der Waals surface area contributed by atoms with Crippen LogP contribution in [0, 0.1) is 0 Å². The number of rotatable bonds is 5. The molecule has 5 heteroatoms. The van der Waals surface area contributed by atoms with Crippen molar-refractivity contribution in [2.75, 3.05) is 11.9 Å². The largest absolute Gasteiger partial charge is 0.369 e. The minimum absolute atomic E-state index is 0.258. The summed E-state index contributed by atoms with van der Waals surface area (Å²) in [7, 11) is 2.07. The zero-order valence-corrected chi connectivity index (χ0v) is 16.5. The molecule has 1 heterocycles. The van der Waals surface area contributed by atoms with E-state index in [2.05, 4.69) is 18.0 Å². The fourth-order valence-corrected chi connectivity index (χ4v) is 3.98. The number of hydrogen-bond acceptors (Lipinski definition) is 3. The number of aromatic nitrogens is 1. The third-order valence-corrected chi connectivity index (χ3v) is 5.45. The first-order valence-corrected chi connectivity index (χ1v) is 9.79. The van der Waals surface area contributed by atoms with Crippen molar-refractivity contribution in [2.45, 2.75) is 25.7 Å². The van der Waals surface area contributed by atoms with Gasteiger partial charge >= 0.3 is 0 Å². The average Bonchev–Trinajstić information content (AvgIpc) is 3.15. The number of anilines is 2. The van der Waals surface area contributed by atoms with Crippen LogP contribution in [0.4, 0.5) is 11.4 Å². The molecular formula is C23H22ClN3O. The molecule has 2 aromatic carbocycles. The quantitative estimate of drug-likeness (QED) is 0.686. The standard InChI is InChI=1S/C23H22ClN3O/c1-27(18-10-8-15(9-11-18)12-23(25)28)22-14-21(16-4-2-5-17(24)13-16)26-20-7-3-6-19(20)22/h2,4-5,8-11,13-14H,3,6-7,12H2,1H3,(H2,25,28). The predicted octanol–water partition coefficient (Wildman–Crippen LogP) is 4.69. The fraction of sp³-hybridized carbons (Fsp3) is 0.217. The molecule has 1 aliphatic carbocycles. The summed E-state index contributed by atoms with van der Waals surface area (Å²) in [6.07, 6.45) is 3.42. The maximum absolute atomic E-state index is 11.1. The molecule has 0 fully saturated rings. The SMILES string of the molecule is CN(c1ccc(CC(N)=O)cc1)c1cc(-c2cccc(Cl)c2)nc2c1CCC2. The molecule has 142 valence electrons. The van der Waals surface area contributed by atoms with Gasteiger partial charge in [-0.1, -0.05) is 35.9 Å². The van der Waals surface area contributed by atoms with E-state index in [0.717, 1.165) is 41.8 Å². The van der Waals surface area contributed by atoms with Gasteiger partial charge in [0.2, 0.25) is 5.91 Å². The predicted molar refractivity (Wildman–Crippen MR) is 114 cm³/mol. The number of hydrogen-bond donors (Lipinski definition) is 1. The number of halogens is 1. The lowest BCUT2D eigenvalue weighted by atomic mass is 10.1. The zero-order valence-electron chi connectivity index (χ0n) is 15.8. The number of carbonyl (C=O) groups is 1. The van der Waals surface area contributed by atoms with Crippen LogP contribution in [0.5, 0.6) is 0 Å². The maximum Gasteiger partial charge on any atom is 0.221 e. The molecule has 1 amide bonds. The highest BCUT2D eigenvalue weighted by Crippen LogP contribution is 2.37. The first-order chi connectivity index (χ1) is 13.5. The molecule has 0 saturated heterocycles. The van der Waals surface area contributed by atoms with Crippen molar-refractivity contribution < 1.29 is 4.79 Å². The molecule has 0 aliphatic heterocycles. The van der Waals surface area contributed by atoms with Crippen LogP contribution in [-0.2, 0) is 24.1 Å². The topological polar surface area (TPSA) is 59.2 Å². The van der Waals surface area contributed by atoms with E-state index in [1.807, 2.05) is 48.5 Å². The second-order valence-corrected chi connectivity index (χ2v) is 7.62. The van der Waals surface area contributed by atoms with Gasteiger partial charge in [0, 0.05) is 34.7 Å².